The Hall–Kier alpha value is -1.32. The highest BCUT2D eigenvalue weighted by atomic mass is 16.4. The van der Waals surface area contributed by atoms with Gasteiger partial charge in [-0.3, -0.25) is 4.79 Å². The number of carbonyl (C=O) groups excluding carboxylic acids is 1. The zero-order chi connectivity index (χ0) is 10.6. The minimum atomic E-state index is -1.08. The molecule has 0 aromatic carbocycles. The van der Waals surface area contributed by atoms with E-state index in [9.17, 15) is 9.59 Å². The van der Waals surface area contributed by atoms with E-state index in [-0.39, 0.29) is 17.5 Å². The zero-order valence-corrected chi connectivity index (χ0v) is 8.25. The number of nitrogens with one attached hydrogen (secondary N) is 1. The highest BCUT2D eigenvalue weighted by Gasteiger charge is 2.24. The molecule has 0 aliphatic heterocycles. The summed E-state index contributed by atoms with van der Waals surface area (Å²) in [5, 5.41) is 11.1. The second-order valence-corrected chi connectivity index (χ2v) is 3.48. The van der Waals surface area contributed by atoms with Gasteiger partial charge in [0.15, 0.2) is 0 Å². The number of carboxylic acids is 1. The van der Waals surface area contributed by atoms with Gasteiger partial charge in [-0.25, -0.2) is 4.79 Å². The number of amides is 1. The first-order chi connectivity index (χ1) is 6.65. The third-order valence-electron chi connectivity index (χ3n) is 2.50. The van der Waals surface area contributed by atoms with Crippen LogP contribution < -0.4 is 5.32 Å². The van der Waals surface area contributed by atoms with Crippen molar-refractivity contribution in [3.8, 4) is 0 Å². The number of carbonyl (C=O) groups is 2. The first-order valence-electron chi connectivity index (χ1n) is 4.85. The summed E-state index contributed by atoms with van der Waals surface area (Å²) in [6.45, 7) is 1.60. The van der Waals surface area contributed by atoms with E-state index in [1.165, 1.54) is 6.08 Å². The Morgan fingerprint density at radius 3 is 2.36 bits per heavy atom. The topological polar surface area (TPSA) is 66.4 Å². The molecule has 0 aromatic heterocycles. The van der Waals surface area contributed by atoms with Gasteiger partial charge >= 0.3 is 5.97 Å². The number of rotatable bonds is 3. The van der Waals surface area contributed by atoms with Crippen LogP contribution in [-0.4, -0.2) is 17.0 Å². The van der Waals surface area contributed by atoms with Gasteiger partial charge in [0.05, 0.1) is 0 Å². The lowest BCUT2D eigenvalue weighted by atomic mass is 10.1. The second-order valence-electron chi connectivity index (χ2n) is 3.48. The molecule has 0 heterocycles. The highest BCUT2D eigenvalue weighted by Crippen LogP contribution is 2.24. The largest absolute Gasteiger partial charge is 0.477 e. The Morgan fingerprint density at radius 1 is 1.36 bits per heavy atom. The fourth-order valence-corrected chi connectivity index (χ4v) is 1.67. The predicted molar refractivity (Wildman–Crippen MR) is 51.5 cm³/mol. The van der Waals surface area contributed by atoms with Crippen LogP contribution in [0.3, 0.4) is 0 Å². The van der Waals surface area contributed by atoms with Crippen molar-refractivity contribution in [1.29, 1.82) is 0 Å². The summed E-state index contributed by atoms with van der Waals surface area (Å²) in [6, 6.07) is 0. The molecule has 14 heavy (non-hydrogen) atoms. The Morgan fingerprint density at radius 2 is 1.93 bits per heavy atom. The van der Waals surface area contributed by atoms with Gasteiger partial charge in [0, 0.05) is 5.92 Å². The predicted octanol–water partition coefficient (Wildman–Crippen LogP) is 1.28. The lowest BCUT2D eigenvalue weighted by Crippen LogP contribution is -2.31. The maximum absolute atomic E-state index is 11.5. The van der Waals surface area contributed by atoms with Gasteiger partial charge < -0.3 is 10.4 Å². The summed E-state index contributed by atoms with van der Waals surface area (Å²) in [5.74, 6) is -1.24. The van der Waals surface area contributed by atoms with Gasteiger partial charge in [0.25, 0.3) is 0 Å². The Kier molecular flexibility index (Phi) is 3.68. The fourth-order valence-electron chi connectivity index (χ4n) is 1.67. The first-order valence-corrected chi connectivity index (χ1v) is 4.85. The smallest absolute Gasteiger partial charge is 0.352 e. The van der Waals surface area contributed by atoms with Gasteiger partial charge in [-0.05, 0) is 19.8 Å². The molecule has 0 aromatic rings. The average molecular weight is 197 g/mol. The van der Waals surface area contributed by atoms with Crippen LogP contribution in [-0.2, 0) is 9.59 Å². The van der Waals surface area contributed by atoms with Crippen molar-refractivity contribution in [3.63, 3.8) is 0 Å². The molecule has 0 saturated heterocycles. The highest BCUT2D eigenvalue weighted by molar-refractivity contribution is 5.93. The van der Waals surface area contributed by atoms with Gasteiger partial charge in [-0.1, -0.05) is 18.9 Å². The average Bonchev–Trinajstić information content (AvgIpc) is 2.65. The van der Waals surface area contributed by atoms with Gasteiger partial charge in [0.1, 0.15) is 5.70 Å². The lowest BCUT2D eigenvalue weighted by Gasteiger charge is -2.09. The van der Waals surface area contributed by atoms with E-state index in [0.717, 1.165) is 25.7 Å². The zero-order valence-electron chi connectivity index (χ0n) is 8.25. The van der Waals surface area contributed by atoms with E-state index in [0.29, 0.717) is 0 Å². The Labute approximate surface area is 83.0 Å². The van der Waals surface area contributed by atoms with Crippen LogP contribution >= 0.6 is 0 Å². The molecule has 78 valence electrons. The fraction of sp³-hybridized carbons (Fsp3) is 0.600. The molecule has 1 amide bonds. The van der Waals surface area contributed by atoms with Crippen molar-refractivity contribution < 1.29 is 14.7 Å². The molecule has 1 saturated carbocycles. The third-order valence-corrected chi connectivity index (χ3v) is 2.50. The summed E-state index contributed by atoms with van der Waals surface area (Å²) in [5.41, 5.74) is -0.0260. The molecule has 4 heteroatoms. The minimum absolute atomic E-state index is 0.00398. The van der Waals surface area contributed by atoms with E-state index >= 15 is 0 Å². The second kappa shape index (κ2) is 4.79. The third kappa shape index (κ3) is 2.58. The van der Waals surface area contributed by atoms with E-state index in [4.69, 9.17) is 5.11 Å². The van der Waals surface area contributed by atoms with E-state index in [1.807, 2.05) is 0 Å². The monoisotopic (exact) mass is 197 g/mol. The van der Waals surface area contributed by atoms with Crippen LogP contribution in [0.1, 0.15) is 32.6 Å². The number of carboxylic acid groups (broad SMARTS) is 1. The van der Waals surface area contributed by atoms with Crippen molar-refractivity contribution in [1.82, 2.24) is 5.32 Å². The quantitative estimate of drug-likeness (QED) is 0.670. The molecular formula is C10H15NO3. The maximum atomic E-state index is 11.5. The van der Waals surface area contributed by atoms with Crippen molar-refractivity contribution in [2.24, 2.45) is 5.92 Å². The molecule has 0 spiro atoms. The molecule has 1 aliphatic carbocycles. The van der Waals surface area contributed by atoms with Crippen LogP contribution in [0.15, 0.2) is 11.8 Å². The Balaban J connectivity index is 2.50. The molecule has 4 nitrogen and oxygen atoms in total. The van der Waals surface area contributed by atoms with E-state index < -0.39 is 5.97 Å². The lowest BCUT2D eigenvalue weighted by molar-refractivity contribution is -0.135. The summed E-state index contributed by atoms with van der Waals surface area (Å²) in [6.07, 6.45) is 5.28. The number of aliphatic carboxylic acids is 1. The van der Waals surface area contributed by atoms with E-state index in [1.54, 1.807) is 6.92 Å². The summed E-state index contributed by atoms with van der Waals surface area (Å²) in [7, 11) is 0. The van der Waals surface area contributed by atoms with Crippen LogP contribution in [0, 0.1) is 5.92 Å². The van der Waals surface area contributed by atoms with E-state index in [2.05, 4.69) is 5.32 Å². The molecule has 1 aliphatic rings. The molecule has 0 bridgehead atoms. The number of allylic oxidation sites excluding steroid dienone is 1. The van der Waals surface area contributed by atoms with Crippen molar-refractivity contribution >= 4 is 11.9 Å². The van der Waals surface area contributed by atoms with Crippen molar-refractivity contribution in [3.05, 3.63) is 11.8 Å². The van der Waals surface area contributed by atoms with Crippen molar-refractivity contribution in [2.75, 3.05) is 0 Å². The molecule has 0 unspecified atom stereocenters. The molecule has 2 N–H and O–H groups in total. The standard InChI is InChI=1S/C10H15NO3/c1-2-8(10(13)14)11-9(12)7-5-3-4-6-7/h2,7H,3-6H2,1H3,(H,11,12)(H,13,14)/b8-2-. The van der Waals surface area contributed by atoms with Crippen LogP contribution in [0.2, 0.25) is 0 Å². The van der Waals surface area contributed by atoms with Crippen LogP contribution in [0.5, 0.6) is 0 Å². The molecule has 1 rings (SSSR count). The SMILES string of the molecule is C/C=C(\NC(=O)C1CCCC1)C(=O)O. The molecular weight excluding hydrogens is 182 g/mol. The van der Waals surface area contributed by atoms with Crippen LogP contribution in [0.4, 0.5) is 0 Å². The molecule has 1 fully saturated rings. The summed E-state index contributed by atoms with van der Waals surface area (Å²) in [4.78, 5) is 22.1. The van der Waals surface area contributed by atoms with Crippen LogP contribution in [0.25, 0.3) is 0 Å². The summed E-state index contributed by atoms with van der Waals surface area (Å²) >= 11 is 0. The molecule has 0 radical (unpaired) electrons. The van der Waals surface area contributed by atoms with Gasteiger partial charge in [-0.15, -0.1) is 0 Å². The Bertz CT molecular complexity index is 265. The normalized spacial score (nSPS) is 18.2. The number of hydrogen-bond acceptors (Lipinski definition) is 2. The molecule has 0 atom stereocenters. The van der Waals surface area contributed by atoms with Gasteiger partial charge in [0.2, 0.25) is 5.91 Å². The van der Waals surface area contributed by atoms with Crippen molar-refractivity contribution in [2.45, 2.75) is 32.6 Å². The first kappa shape index (κ1) is 10.8. The number of hydrogen-bond donors (Lipinski definition) is 2. The summed E-state index contributed by atoms with van der Waals surface area (Å²) < 4.78 is 0. The minimum Gasteiger partial charge on any atom is -0.477 e. The maximum Gasteiger partial charge on any atom is 0.352 e. The van der Waals surface area contributed by atoms with Gasteiger partial charge in [-0.2, -0.15) is 0 Å².